The van der Waals surface area contributed by atoms with Crippen molar-refractivity contribution in [1.29, 1.82) is 0 Å². The van der Waals surface area contributed by atoms with Gasteiger partial charge in [-0.05, 0) is 54.5 Å². The van der Waals surface area contributed by atoms with Gasteiger partial charge in [0.2, 0.25) is 5.91 Å². The number of hydrogen-bond acceptors (Lipinski definition) is 3. The number of benzene rings is 2. The van der Waals surface area contributed by atoms with Gasteiger partial charge in [0.1, 0.15) is 5.75 Å². The number of likely N-dealkylation sites (tertiary alicyclic amines) is 1. The van der Waals surface area contributed by atoms with Gasteiger partial charge in [-0.15, -0.1) is 11.8 Å². The molecule has 2 heterocycles. The van der Waals surface area contributed by atoms with E-state index in [-0.39, 0.29) is 0 Å². The topological polar surface area (TPSA) is 34.0 Å². The number of hydrogen-bond donors (Lipinski definition) is 1. The van der Waals surface area contributed by atoms with Crippen LogP contribution in [0.25, 0.3) is 0 Å². The van der Waals surface area contributed by atoms with E-state index in [4.69, 9.17) is 4.74 Å². The zero-order chi connectivity index (χ0) is 23.5. The molecule has 2 aromatic carbocycles. The molecule has 0 atom stereocenters. The summed E-state index contributed by atoms with van der Waals surface area (Å²) in [5, 5.41) is 0. The molecule has 179 valence electrons. The van der Waals surface area contributed by atoms with Gasteiger partial charge in [0, 0.05) is 23.7 Å². The monoisotopic (exact) mass is 730 g/mol. The summed E-state index contributed by atoms with van der Waals surface area (Å²) in [4.78, 5) is 17.8. The fourth-order valence-corrected chi connectivity index (χ4v) is 5.64. The van der Waals surface area contributed by atoms with Gasteiger partial charge in [-0.25, -0.2) is 0 Å². The van der Waals surface area contributed by atoms with E-state index in [1.807, 2.05) is 22.7 Å². The van der Waals surface area contributed by atoms with Crippen LogP contribution in [-0.2, 0) is 27.2 Å². The first-order valence-corrected chi connectivity index (χ1v) is 21.5. The first-order chi connectivity index (χ1) is 16.1. The number of nitrogens with zero attached hydrogens (tertiary/aromatic N) is 1. The van der Waals surface area contributed by atoms with Crippen molar-refractivity contribution in [2.45, 2.75) is 37.1 Å². The molecule has 0 bridgehead atoms. The number of thioether (sulfide) groups is 1. The predicted octanol–water partition coefficient (Wildman–Crippen LogP) is 4.83. The second-order valence-electron chi connectivity index (χ2n) is 8.58. The molecule has 1 saturated heterocycles. The number of ether oxygens (including phenoxy) is 1. The number of carbonyl (C=O) groups excluding carboxylic acids is 1. The molecule has 0 aromatic heterocycles. The third-order valence-electron chi connectivity index (χ3n) is 6.47. The fourth-order valence-electron chi connectivity index (χ4n) is 4.64. The Bertz CT molecular complexity index is 867. The van der Waals surface area contributed by atoms with Crippen molar-refractivity contribution in [3.63, 3.8) is 0 Å². The van der Waals surface area contributed by atoms with Gasteiger partial charge in [0.15, 0.2) is 0 Å². The van der Waals surface area contributed by atoms with E-state index in [0.717, 1.165) is 30.5 Å². The molecule has 0 aliphatic carbocycles. The standard InChI is InChI=1S/C25H32N2O2S.2HI.V/c1-29-23-7-8-24-22(18-23)19-27(15-16-30-24)25(28)11-14-26-12-9-21(10-13-26)17-20-5-3-2-4-6-20;;;/h2-8,18,21H,9-17,19H2,1H3;2*1H;/q;;;+2/p-1. The molecule has 0 unspecified atom stereocenters. The number of methoxy groups -OCH3 is 1. The van der Waals surface area contributed by atoms with Crippen molar-refractivity contribution in [3.8, 4) is 5.75 Å². The summed E-state index contributed by atoms with van der Waals surface area (Å²) in [6.07, 6.45) is 4.39. The van der Waals surface area contributed by atoms with E-state index in [1.165, 1.54) is 48.4 Å². The minimum atomic E-state index is 0.296. The third kappa shape index (κ3) is 9.22. The van der Waals surface area contributed by atoms with Crippen LogP contribution in [0.2, 0.25) is 0 Å². The SMILES string of the molecule is COc1ccc2c(c1)CN(C(=O)CC[NH+]1CCC(Cc3ccccc3)CC1)CCS2.[I][V][I]. The number of carbonyl (C=O) groups is 1. The average molecular weight is 730 g/mol. The van der Waals surface area contributed by atoms with Crippen molar-refractivity contribution in [1.82, 2.24) is 4.90 Å². The van der Waals surface area contributed by atoms with E-state index in [9.17, 15) is 4.79 Å². The van der Waals surface area contributed by atoms with Crippen LogP contribution in [0.15, 0.2) is 53.4 Å². The van der Waals surface area contributed by atoms with E-state index >= 15 is 0 Å². The van der Waals surface area contributed by atoms with Crippen molar-refractivity contribution in [2.75, 3.05) is 39.0 Å². The molecule has 2 aliphatic rings. The molecule has 1 fully saturated rings. The first kappa shape index (κ1) is 27.6. The molecular formula is C25H33I2N2O2SV+. The molecule has 8 heteroatoms. The van der Waals surface area contributed by atoms with Gasteiger partial charge < -0.3 is 14.5 Å². The second kappa shape index (κ2) is 15.2. The van der Waals surface area contributed by atoms with Crippen LogP contribution in [0, 0.1) is 5.92 Å². The Morgan fingerprint density at radius 3 is 2.61 bits per heavy atom. The van der Waals surface area contributed by atoms with Gasteiger partial charge >= 0.3 is 49.4 Å². The van der Waals surface area contributed by atoms with Crippen LogP contribution in [0.1, 0.15) is 30.4 Å². The molecule has 2 aliphatic heterocycles. The molecule has 33 heavy (non-hydrogen) atoms. The van der Waals surface area contributed by atoms with Crippen LogP contribution in [0.5, 0.6) is 5.75 Å². The van der Waals surface area contributed by atoms with Gasteiger partial charge in [0.25, 0.3) is 0 Å². The molecular weight excluding hydrogens is 697 g/mol. The van der Waals surface area contributed by atoms with Crippen LogP contribution in [0.3, 0.4) is 0 Å². The van der Waals surface area contributed by atoms with E-state index in [2.05, 4.69) is 82.4 Å². The van der Waals surface area contributed by atoms with Crippen molar-refractivity contribution < 1.29 is 23.9 Å². The Hall–Kier alpha value is 0.0644. The van der Waals surface area contributed by atoms with Crippen LogP contribution >= 0.6 is 51.7 Å². The Labute approximate surface area is 231 Å². The molecule has 2 aromatic rings. The molecule has 4 nitrogen and oxygen atoms in total. The normalized spacial score (nSPS) is 20.0. The maximum atomic E-state index is 12.9. The quantitative estimate of drug-likeness (QED) is 0.434. The number of nitrogens with one attached hydrogen (secondary N) is 1. The third-order valence-corrected chi connectivity index (χ3v) is 7.57. The summed E-state index contributed by atoms with van der Waals surface area (Å²) in [6.45, 7) is 4.88. The van der Waals surface area contributed by atoms with Gasteiger partial charge in [0.05, 0.1) is 33.2 Å². The number of halogens is 2. The van der Waals surface area contributed by atoms with Crippen molar-refractivity contribution in [3.05, 3.63) is 59.7 Å². The number of amides is 1. The second-order valence-corrected chi connectivity index (χ2v) is 21.5. The number of quaternary nitrogens is 1. The Kier molecular flexibility index (Phi) is 12.8. The van der Waals surface area contributed by atoms with Crippen molar-refractivity contribution >= 4 is 57.6 Å². The average Bonchev–Trinajstić information content (AvgIpc) is 3.06. The zero-order valence-corrected chi connectivity index (χ0v) is 25.7. The van der Waals surface area contributed by atoms with Gasteiger partial charge in [-0.1, -0.05) is 30.3 Å². The van der Waals surface area contributed by atoms with E-state index < -0.39 is 0 Å². The Balaban J connectivity index is 0.000000968. The summed E-state index contributed by atoms with van der Waals surface area (Å²) in [5.41, 5.74) is 2.66. The van der Waals surface area contributed by atoms with E-state index in [1.54, 1.807) is 12.0 Å². The maximum absolute atomic E-state index is 12.9. The van der Waals surface area contributed by atoms with Gasteiger partial charge in [-0.2, -0.15) is 0 Å². The van der Waals surface area contributed by atoms with Crippen LogP contribution in [-0.4, -0.2) is 49.8 Å². The number of rotatable bonds is 6. The molecule has 0 spiro atoms. The molecule has 0 radical (unpaired) electrons. The number of fused-ring (bicyclic) bond motifs is 1. The summed E-state index contributed by atoms with van der Waals surface area (Å²) in [7, 11) is 2.32. The number of piperidine rings is 1. The summed E-state index contributed by atoms with van der Waals surface area (Å²) in [5.74, 6) is 2.92. The molecule has 1 amide bonds. The predicted molar refractivity (Wildman–Crippen MR) is 150 cm³/mol. The first-order valence-electron chi connectivity index (χ1n) is 11.5. The molecule has 1 N–H and O–H groups in total. The summed E-state index contributed by atoms with van der Waals surface area (Å²) >= 11 is 6.58. The molecule has 4 rings (SSSR count). The van der Waals surface area contributed by atoms with E-state index in [0.29, 0.717) is 28.3 Å². The minimum absolute atomic E-state index is 0.296. The summed E-state index contributed by atoms with van der Waals surface area (Å²) < 4.78 is 5.37. The zero-order valence-electron chi connectivity index (χ0n) is 19.1. The van der Waals surface area contributed by atoms with Crippen molar-refractivity contribution in [2.24, 2.45) is 5.92 Å². The fraction of sp³-hybridized carbons (Fsp3) is 0.480. The summed E-state index contributed by atoms with van der Waals surface area (Å²) in [6, 6.07) is 17.1. The van der Waals surface area contributed by atoms with Gasteiger partial charge in [-0.3, -0.25) is 4.79 Å². The molecule has 0 saturated carbocycles. The Morgan fingerprint density at radius 1 is 1.18 bits per heavy atom. The van der Waals surface area contributed by atoms with Crippen LogP contribution < -0.4 is 9.64 Å². The van der Waals surface area contributed by atoms with Crippen LogP contribution in [0.4, 0.5) is 0 Å². The Morgan fingerprint density at radius 2 is 1.91 bits per heavy atom.